The summed E-state index contributed by atoms with van der Waals surface area (Å²) in [5.74, 6) is 0.212. The first-order chi connectivity index (χ1) is 16.9. The standard InChI is InChI=1S/C24H23FN4O6/c1-33-18-10-16(11-19(34-2)23(18)35-3)26-20(31)12-28-8-9-29-22(24(28)32)17(13-30)21(27-29)14-4-6-15(25)7-5-14/h4-11,30H,12-13H2,1-3H3,(H,26,31). The lowest BCUT2D eigenvalue weighted by Gasteiger charge is -2.15. The van der Waals surface area contributed by atoms with Crippen molar-refractivity contribution >= 4 is 17.1 Å². The maximum Gasteiger partial charge on any atom is 0.277 e. The van der Waals surface area contributed by atoms with E-state index in [2.05, 4.69) is 10.4 Å². The molecule has 1 amide bonds. The number of carbonyl (C=O) groups is 1. The van der Waals surface area contributed by atoms with Gasteiger partial charge in [-0.1, -0.05) is 0 Å². The third-order valence-corrected chi connectivity index (χ3v) is 5.40. The molecule has 4 rings (SSSR count). The minimum Gasteiger partial charge on any atom is -0.493 e. The molecule has 0 aliphatic rings. The van der Waals surface area contributed by atoms with E-state index in [0.29, 0.717) is 34.2 Å². The van der Waals surface area contributed by atoms with Gasteiger partial charge >= 0.3 is 0 Å². The molecule has 35 heavy (non-hydrogen) atoms. The fraction of sp³-hybridized carbons (Fsp3) is 0.208. The molecule has 0 bridgehead atoms. The summed E-state index contributed by atoms with van der Waals surface area (Å²) in [6.45, 7) is -0.763. The van der Waals surface area contributed by atoms with Crippen LogP contribution >= 0.6 is 0 Å². The Balaban J connectivity index is 1.65. The number of fused-ring (bicyclic) bond motifs is 1. The van der Waals surface area contributed by atoms with Crippen LogP contribution in [0.2, 0.25) is 0 Å². The van der Waals surface area contributed by atoms with Crippen LogP contribution < -0.4 is 25.1 Å². The molecule has 0 aliphatic heterocycles. The van der Waals surface area contributed by atoms with E-state index in [9.17, 15) is 19.1 Å². The van der Waals surface area contributed by atoms with Gasteiger partial charge in [-0.05, 0) is 24.3 Å². The lowest BCUT2D eigenvalue weighted by atomic mass is 10.1. The average molecular weight is 482 g/mol. The number of hydrogen-bond donors (Lipinski definition) is 2. The van der Waals surface area contributed by atoms with Gasteiger partial charge in [0.05, 0.1) is 33.6 Å². The maximum atomic E-state index is 13.3. The highest BCUT2D eigenvalue weighted by Gasteiger charge is 2.19. The molecule has 4 aromatic rings. The van der Waals surface area contributed by atoms with E-state index in [0.717, 1.165) is 0 Å². The van der Waals surface area contributed by atoms with E-state index in [1.807, 2.05) is 0 Å². The Bertz CT molecular complexity index is 1420. The molecule has 11 heteroatoms. The summed E-state index contributed by atoms with van der Waals surface area (Å²) in [6.07, 6.45) is 2.93. The second-order valence-electron chi connectivity index (χ2n) is 7.48. The van der Waals surface area contributed by atoms with Gasteiger partial charge in [-0.3, -0.25) is 9.59 Å². The molecule has 2 aromatic heterocycles. The Kier molecular flexibility index (Phi) is 6.69. The van der Waals surface area contributed by atoms with E-state index >= 15 is 0 Å². The number of anilines is 1. The number of aliphatic hydroxyl groups is 1. The minimum absolute atomic E-state index is 0.120. The third-order valence-electron chi connectivity index (χ3n) is 5.40. The highest BCUT2D eigenvalue weighted by Crippen LogP contribution is 2.39. The Morgan fingerprint density at radius 2 is 1.71 bits per heavy atom. The number of aliphatic hydroxyl groups excluding tert-OH is 1. The zero-order valence-corrected chi connectivity index (χ0v) is 19.2. The van der Waals surface area contributed by atoms with Crippen molar-refractivity contribution in [1.29, 1.82) is 0 Å². The van der Waals surface area contributed by atoms with Crippen molar-refractivity contribution in [2.24, 2.45) is 0 Å². The van der Waals surface area contributed by atoms with Gasteiger partial charge in [0, 0.05) is 41.3 Å². The number of ether oxygens (including phenoxy) is 3. The summed E-state index contributed by atoms with van der Waals surface area (Å²) in [7, 11) is 4.39. The Hall–Kier alpha value is -4.38. The second-order valence-corrected chi connectivity index (χ2v) is 7.48. The number of amides is 1. The summed E-state index contributed by atoms with van der Waals surface area (Å²) < 4.78 is 31.7. The minimum atomic E-state index is -0.516. The van der Waals surface area contributed by atoms with Gasteiger partial charge in [0.15, 0.2) is 11.5 Å². The number of carbonyl (C=O) groups excluding carboxylic acids is 1. The number of rotatable bonds is 8. The Morgan fingerprint density at radius 1 is 1.06 bits per heavy atom. The monoisotopic (exact) mass is 482 g/mol. The van der Waals surface area contributed by atoms with Crippen molar-refractivity contribution in [2.75, 3.05) is 26.6 Å². The number of hydrogen-bond acceptors (Lipinski definition) is 7. The zero-order chi connectivity index (χ0) is 25.1. The Morgan fingerprint density at radius 3 is 2.29 bits per heavy atom. The van der Waals surface area contributed by atoms with Crippen LogP contribution in [0, 0.1) is 5.82 Å². The summed E-state index contributed by atoms with van der Waals surface area (Å²) in [5.41, 5.74) is 1.17. The van der Waals surface area contributed by atoms with Gasteiger partial charge in [-0.2, -0.15) is 5.10 Å². The lowest BCUT2D eigenvalue weighted by molar-refractivity contribution is -0.116. The number of benzene rings is 2. The molecule has 2 heterocycles. The van der Waals surface area contributed by atoms with E-state index in [1.165, 1.54) is 67.1 Å². The second kappa shape index (κ2) is 9.85. The number of nitrogens with zero attached hydrogens (tertiary/aromatic N) is 3. The molecule has 0 saturated heterocycles. The Labute approximate surface area is 199 Å². The number of nitrogens with one attached hydrogen (secondary N) is 1. The molecule has 2 aromatic carbocycles. The van der Waals surface area contributed by atoms with Crippen LogP contribution in [0.1, 0.15) is 5.56 Å². The molecule has 0 unspecified atom stereocenters. The first-order valence-electron chi connectivity index (χ1n) is 10.5. The molecule has 0 aliphatic carbocycles. The van der Waals surface area contributed by atoms with E-state index < -0.39 is 23.9 Å². The first-order valence-corrected chi connectivity index (χ1v) is 10.5. The molecule has 0 radical (unpaired) electrons. The normalized spacial score (nSPS) is 10.9. The summed E-state index contributed by atoms with van der Waals surface area (Å²) in [4.78, 5) is 25.9. The van der Waals surface area contributed by atoms with Crippen LogP contribution in [0.3, 0.4) is 0 Å². The smallest absolute Gasteiger partial charge is 0.277 e. The topological polar surface area (TPSA) is 116 Å². The zero-order valence-electron chi connectivity index (χ0n) is 19.2. The van der Waals surface area contributed by atoms with E-state index in [4.69, 9.17) is 14.2 Å². The van der Waals surface area contributed by atoms with E-state index in [1.54, 1.807) is 12.1 Å². The summed E-state index contributed by atoms with van der Waals surface area (Å²) in [5, 5.41) is 17.0. The first kappa shape index (κ1) is 23.8. The van der Waals surface area contributed by atoms with Crippen molar-refractivity contribution in [3.8, 4) is 28.5 Å². The third kappa shape index (κ3) is 4.53. The number of methoxy groups -OCH3 is 3. The van der Waals surface area contributed by atoms with Gasteiger partial charge in [0.2, 0.25) is 11.7 Å². The number of halogens is 1. The van der Waals surface area contributed by atoms with Crippen molar-refractivity contribution in [3.05, 3.63) is 70.5 Å². The molecule has 0 spiro atoms. The van der Waals surface area contributed by atoms with Gasteiger partial charge in [0.1, 0.15) is 17.9 Å². The van der Waals surface area contributed by atoms with Crippen LogP contribution in [-0.2, 0) is 17.9 Å². The van der Waals surface area contributed by atoms with Crippen LogP contribution in [0.15, 0.2) is 53.6 Å². The van der Waals surface area contributed by atoms with Crippen LogP contribution in [0.5, 0.6) is 17.2 Å². The van der Waals surface area contributed by atoms with Crippen LogP contribution in [0.4, 0.5) is 10.1 Å². The lowest BCUT2D eigenvalue weighted by Crippen LogP contribution is -2.28. The van der Waals surface area contributed by atoms with Crippen molar-refractivity contribution < 1.29 is 28.5 Å². The molecule has 10 nitrogen and oxygen atoms in total. The molecule has 0 saturated carbocycles. The fourth-order valence-electron chi connectivity index (χ4n) is 3.77. The molecular formula is C24H23FN4O6. The molecule has 0 atom stereocenters. The molecular weight excluding hydrogens is 459 g/mol. The fourth-order valence-corrected chi connectivity index (χ4v) is 3.77. The average Bonchev–Trinajstić information content (AvgIpc) is 3.24. The molecule has 2 N–H and O–H groups in total. The van der Waals surface area contributed by atoms with Crippen LogP contribution in [0.25, 0.3) is 16.8 Å². The van der Waals surface area contributed by atoms with Crippen molar-refractivity contribution in [1.82, 2.24) is 14.2 Å². The van der Waals surface area contributed by atoms with E-state index in [-0.39, 0.29) is 17.6 Å². The van der Waals surface area contributed by atoms with Crippen molar-refractivity contribution in [3.63, 3.8) is 0 Å². The van der Waals surface area contributed by atoms with Crippen LogP contribution in [-0.4, -0.2) is 46.5 Å². The van der Waals surface area contributed by atoms with Gasteiger partial charge in [0.25, 0.3) is 5.56 Å². The van der Waals surface area contributed by atoms with Gasteiger partial charge in [-0.15, -0.1) is 0 Å². The SMILES string of the molecule is COc1cc(NC(=O)Cn2ccn3nc(-c4ccc(F)cc4)c(CO)c3c2=O)cc(OC)c1OC. The summed E-state index contributed by atoms with van der Waals surface area (Å²) in [6, 6.07) is 8.71. The predicted molar refractivity (Wildman–Crippen MR) is 125 cm³/mol. The maximum absolute atomic E-state index is 13.3. The summed E-state index contributed by atoms with van der Waals surface area (Å²) >= 11 is 0. The van der Waals surface area contributed by atoms with Gasteiger partial charge < -0.3 is 29.2 Å². The van der Waals surface area contributed by atoms with Gasteiger partial charge in [-0.25, -0.2) is 8.91 Å². The largest absolute Gasteiger partial charge is 0.493 e. The number of aromatic nitrogens is 3. The quantitative estimate of drug-likeness (QED) is 0.396. The highest BCUT2D eigenvalue weighted by atomic mass is 19.1. The highest BCUT2D eigenvalue weighted by molar-refractivity contribution is 5.91. The molecule has 0 fully saturated rings. The van der Waals surface area contributed by atoms with Crippen molar-refractivity contribution in [2.45, 2.75) is 13.2 Å². The molecule has 182 valence electrons. The predicted octanol–water partition coefficient (Wildman–Crippen LogP) is 2.46.